The molecule has 1 aromatic carbocycles. The van der Waals surface area contributed by atoms with Crippen LogP contribution in [0.4, 0.5) is 5.69 Å². The summed E-state index contributed by atoms with van der Waals surface area (Å²) in [6.45, 7) is 8.54. The lowest BCUT2D eigenvalue weighted by Gasteiger charge is -2.13. The Morgan fingerprint density at radius 1 is 1.25 bits per heavy atom. The third kappa shape index (κ3) is 4.27. The van der Waals surface area contributed by atoms with Gasteiger partial charge >= 0.3 is 0 Å². The van der Waals surface area contributed by atoms with Crippen molar-refractivity contribution in [3.63, 3.8) is 0 Å². The molecule has 0 fully saturated rings. The molecular formula is C20H25N5O2S. The molecule has 0 aliphatic heterocycles. The van der Waals surface area contributed by atoms with Gasteiger partial charge in [0, 0.05) is 22.6 Å². The standard InChI is InChI=1S/C20H25N5O2S/c1-6-9-27-15-7-8-17(12(2)10-15)22-18(26)11-16-13(3)21-19-23-20(28-5)24-25(19)14(16)4/h7-8,10H,6,9,11H2,1-5H3,(H,22,26). The SMILES string of the molecule is CCCOc1ccc(NC(=O)Cc2c(C)nc3nc(SC)nn3c2C)c(C)c1. The molecule has 0 aliphatic rings. The van der Waals surface area contributed by atoms with Gasteiger partial charge in [0.15, 0.2) is 0 Å². The van der Waals surface area contributed by atoms with Crippen LogP contribution in [0.3, 0.4) is 0 Å². The molecule has 148 valence electrons. The first kappa shape index (κ1) is 20.1. The van der Waals surface area contributed by atoms with Gasteiger partial charge in [0.05, 0.1) is 13.0 Å². The lowest BCUT2D eigenvalue weighted by molar-refractivity contribution is -0.115. The van der Waals surface area contributed by atoms with Crippen molar-refractivity contribution in [2.24, 2.45) is 0 Å². The van der Waals surface area contributed by atoms with E-state index in [1.807, 2.05) is 45.2 Å². The van der Waals surface area contributed by atoms with Crippen LogP contribution in [0.25, 0.3) is 5.78 Å². The van der Waals surface area contributed by atoms with Crippen LogP contribution in [-0.4, -0.2) is 38.4 Å². The minimum Gasteiger partial charge on any atom is -0.494 e. The molecular weight excluding hydrogens is 374 g/mol. The molecule has 28 heavy (non-hydrogen) atoms. The Morgan fingerprint density at radius 3 is 2.71 bits per heavy atom. The Morgan fingerprint density at radius 2 is 2.04 bits per heavy atom. The summed E-state index contributed by atoms with van der Waals surface area (Å²) in [4.78, 5) is 21.5. The van der Waals surface area contributed by atoms with Gasteiger partial charge in [-0.05, 0) is 57.2 Å². The molecule has 3 rings (SSSR count). The largest absolute Gasteiger partial charge is 0.494 e. The molecule has 0 saturated heterocycles. The fraction of sp³-hybridized carbons (Fsp3) is 0.400. The molecule has 2 heterocycles. The van der Waals surface area contributed by atoms with Crippen LogP contribution in [0.1, 0.15) is 35.9 Å². The van der Waals surface area contributed by atoms with Gasteiger partial charge in [-0.3, -0.25) is 4.79 Å². The van der Waals surface area contributed by atoms with Crippen LogP contribution >= 0.6 is 11.8 Å². The Bertz CT molecular complexity index is 1020. The quantitative estimate of drug-likeness (QED) is 0.610. The highest BCUT2D eigenvalue weighted by Gasteiger charge is 2.16. The summed E-state index contributed by atoms with van der Waals surface area (Å²) in [5.41, 5.74) is 4.28. The molecule has 1 amide bonds. The maximum absolute atomic E-state index is 12.7. The monoisotopic (exact) mass is 399 g/mol. The second-order valence-corrected chi connectivity index (χ2v) is 7.40. The van der Waals surface area contributed by atoms with E-state index in [1.165, 1.54) is 11.8 Å². The second kappa shape index (κ2) is 8.60. The molecule has 0 spiro atoms. The van der Waals surface area contributed by atoms with Gasteiger partial charge in [0.2, 0.25) is 11.1 Å². The summed E-state index contributed by atoms with van der Waals surface area (Å²) < 4.78 is 7.34. The van der Waals surface area contributed by atoms with E-state index >= 15 is 0 Å². The van der Waals surface area contributed by atoms with Gasteiger partial charge < -0.3 is 10.1 Å². The summed E-state index contributed by atoms with van der Waals surface area (Å²) in [5, 5.41) is 8.09. The number of nitrogens with one attached hydrogen (secondary N) is 1. The smallest absolute Gasteiger partial charge is 0.253 e. The number of hydrogen-bond donors (Lipinski definition) is 1. The Balaban J connectivity index is 1.78. The third-order valence-electron chi connectivity index (χ3n) is 4.49. The zero-order valence-electron chi connectivity index (χ0n) is 16.9. The zero-order valence-corrected chi connectivity index (χ0v) is 17.7. The fourth-order valence-corrected chi connectivity index (χ4v) is 3.31. The summed E-state index contributed by atoms with van der Waals surface area (Å²) in [6, 6.07) is 5.69. The maximum Gasteiger partial charge on any atom is 0.253 e. The van der Waals surface area contributed by atoms with Crippen molar-refractivity contribution in [2.45, 2.75) is 45.7 Å². The Hall–Kier alpha value is -2.61. The number of aryl methyl sites for hydroxylation is 3. The molecule has 7 nitrogen and oxygen atoms in total. The van der Waals surface area contributed by atoms with Crippen molar-refractivity contribution < 1.29 is 9.53 Å². The molecule has 0 aliphatic carbocycles. The first-order chi connectivity index (χ1) is 13.4. The second-order valence-electron chi connectivity index (χ2n) is 6.62. The molecule has 0 unspecified atom stereocenters. The number of carbonyl (C=O) groups is 1. The minimum absolute atomic E-state index is 0.0946. The summed E-state index contributed by atoms with van der Waals surface area (Å²) in [7, 11) is 0. The Labute approximate surface area is 168 Å². The van der Waals surface area contributed by atoms with Crippen molar-refractivity contribution >= 4 is 29.1 Å². The predicted octanol–water partition coefficient (Wildman–Crippen LogP) is 3.74. The van der Waals surface area contributed by atoms with Gasteiger partial charge in [0.1, 0.15) is 5.75 Å². The maximum atomic E-state index is 12.7. The Kier molecular flexibility index (Phi) is 6.18. The van der Waals surface area contributed by atoms with Crippen molar-refractivity contribution in [1.29, 1.82) is 0 Å². The van der Waals surface area contributed by atoms with E-state index < -0.39 is 0 Å². The number of fused-ring (bicyclic) bond motifs is 1. The van der Waals surface area contributed by atoms with Crippen molar-refractivity contribution in [3.8, 4) is 5.75 Å². The number of carbonyl (C=O) groups excluding carboxylic acids is 1. The molecule has 1 N–H and O–H groups in total. The number of amides is 1. The van der Waals surface area contributed by atoms with Gasteiger partial charge in [-0.15, -0.1) is 5.10 Å². The topological polar surface area (TPSA) is 81.4 Å². The van der Waals surface area contributed by atoms with Gasteiger partial charge in [0.25, 0.3) is 5.78 Å². The van der Waals surface area contributed by atoms with E-state index in [0.29, 0.717) is 17.5 Å². The molecule has 8 heteroatoms. The molecule has 0 saturated carbocycles. The molecule has 2 aromatic heterocycles. The number of anilines is 1. The summed E-state index contributed by atoms with van der Waals surface area (Å²) in [6.07, 6.45) is 3.10. The molecule has 0 bridgehead atoms. The summed E-state index contributed by atoms with van der Waals surface area (Å²) in [5.74, 6) is 1.28. The van der Waals surface area contributed by atoms with Crippen LogP contribution < -0.4 is 10.1 Å². The average molecular weight is 400 g/mol. The number of nitrogens with zero attached hydrogens (tertiary/aromatic N) is 4. The van der Waals surface area contributed by atoms with Gasteiger partial charge in [-0.25, -0.2) is 9.50 Å². The lowest BCUT2D eigenvalue weighted by Crippen LogP contribution is -2.18. The normalized spacial score (nSPS) is 11.0. The number of thioether (sulfide) groups is 1. The van der Waals surface area contributed by atoms with Crippen molar-refractivity contribution in [3.05, 3.63) is 40.7 Å². The molecule has 0 atom stereocenters. The van der Waals surface area contributed by atoms with Crippen molar-refractivity contribution in [2.75, 3.05) is 18.2 Å². The third-order valence-corrected chi connectivity index (χ3v) is 5.03. The van der Waals surface area contributed by atoms with Crippen LogP contribution in [0.5, 0.6) is 5.75 Å². The highest BCUT2D eigenvalue weighted by molar-refractivity contribution is 7.98. The van der Waals surface area contributed by atoms with E-state index in [0.717, 1.165) is 40.4 Å². The van der Waals surface area contributed by atoms with Crippen LogP contribution in [0, 0.1) is 20.8 Å². The number of ether oxygens (including phenoxy) is 1. The highest BCUT2D eigenvalue weighted by atomic mass is 32.2. The summed E-state index contributed by atoms with van der Waals surface area (Å²) >= 11 is 1.47. The van der Waals surface area contributed by atoms with Crippen LogP contribution in [0.2, 0.25) is 0 Å². The molecule has 3 aromatic rings. The first-order valence-corrected chi connectivity index (χ1v) is 10.5. The minimum atomic E-state index is -0.0946. The predicted molar refractivity (Wildman–Crippen MR) is 111 cm³/mol. The van der Waals surface area contributed by atoms with E-state index in [-0.39, 0.29) is 12.3 Å². The van der Waals surface area contributed by atoms with Gasteiger partial charge in [-0.1, -0.05) is 18.7 Å². The van der Waals surface area contributed by atoms with Crippen LogP contribution in [0.15, 0.2) is 23.4 Å². The highest BCUT2D eigenvalue weighted by Crippen LogP contribution is 2.22. The van der Waals surface area contributed by atoms with E-state index in [2.05, 4.69) is 27.3 Å². The van der Waals surface area contributed by atoms with Crippen molar-refractivity contribution in [1.82, 2.24) is 19.6 Å². The van der Waals surface area contributed by atoms with Gasteiger partial charge in [-0.2, -0.15) is 4.98 Å². The zero-order chi connectivity index (χ0) is 20.3. The van der Waals surface area contributed by atoms with E-state index in [1.54, 1.807) is 4.52 Å². The lowest BCUT2D eigenvalue weighted by atomic mass is 10.1. The fourth-order valence-electron chi connectivity index (χ4n) is 2.97. The van der Waals surface area contributed by atoms with E-state index in [4.69, 9.17) is 4.74 Å². The number of aromatic nitrogens is 4. The average Bonchev–Trinajstić information content (AvgIpc) is 3.08. The number of benzene rings is 1. The number of rotatable bonds is 7. The first-order valence-electron chi connectivity index (χ1n) is 9.23. The number of hydrogen-bond acceptors (Lipinski definition) is 6. The van der Waals surface area contributed by atoms with E-state index in [9.17, 15) is 4.79 Å². The van der Waals surface area contributed by atoms with Crippen LogP contribution in [-0.2, 0) is 11.2 Å². The molecule has 0 radical (unpaired) electrons.